The molecule has 2 aliphatic rings. The molecule has 0 spiro atoms. The first kappa shape index (κ1) is 15.3. The largest absolute Gasteiger partial charge is 0.294 e. The van der Waals surface area contributed by atoms with E-state index in [0.29, 0.717) is 28.0 Å². The van der Waals surface area contributed by atoms with Gasteiger partial charge in [0.1, 0.15) is 0 Å². The van der Waals surface area contributed by atoms with Gasteiger partial charge < -0.3 is 0 Å². The molecule has 4 heteroatoms. The number of allylic oxidation sites excluding steroid dienone is 1. The number of imide groups is 1. The maximum absolute atomic E-state index is 13.1. The zero-order valence-corrected chi connectivity index (χ0v) is 13.7. The van der Waals surface area contributed by atoms with Crippen molar-refractivity contribution in [1.82, 2.24) is 0 Å². The first-order valence-corrected chi connectivity index (χ1v) is 8.06. The van der Waals surface area contributed by atoms with Crippen LogP contribution in [-0.2, 0) is 14.4 Å². The fraction of sp³-hybridized carbons (Fsp3) is 0.0952. The zero-order valence-electron chi connectivity index (χ0n) is 13.7. The molecule has 0 fully saturated rings. The average molecular weight is 329 g/mol. The first-order chi connectivity index (χ1) is 12.1. The molecular formula is C21H15NO3. The molecular weight excluding hydrogens is 314 g/mol. The van der Waals surface area contributed by atoms with E-state index < -0.39 is 5.91 Å². The molecule has 0 bridgehead atoms. The topological polar surface area (TPSA) is 54.5 Å². The number of nitrogens with zero attached hydrogens (tertiary/aromatic N) is 1. The zero-order chi connectivity index (χ0) is 17.6. The number of benzene rings is 2. The van der Waals surface area contributed by atoms with Crippen LogP contribution in [0.3, 0.4) is 0 Å². The van der Waals surface area contributed by atoms with Crippen molar-refractivity contribution < 1.29 is 14.4 Å². The van der Waals surface area contributed by atoms with Gasteiger partial charge in [0.2, 0.25) is 0 Å². The van der Waals surface area contributed by atoms with Gasteiger partial charge in [-0.3, -0.25) is 14.4 Å². The summed E-state index contributed by atoms with van der Waals surface area (Å²) < 4.78 is 0. The number of para-hydroxylation sites is 1. The Morgan fingerprint density at radius 2 is 1.36 bits per heavy atom. The van der Waals surface area contributed by atoms with Crippen LogP contribution < -0.4 is 4.90 Å². The van der Waals surface area contributed by atoms with Crippen molar-refractivity contribution in [3.63, 3.8) is 0 Å². The number of carbonyl (C=O) groups excluding carboxylic acids is 3. The highest BCUT2D eigenvalue weighted by molar-refractivity contribution is 6.40. The summed E-state index contributed by atoms with van der Waals surface area (Å²) in [5.74, 6) is -0.883. The van der Waals surface area contributed by atoms with E-state index in [9.17, 15) is 14.4 Å². The van der Waals surface area contributed by atoms with Crippen LogP contribution in [0.1, 0.15) is 18.9 Å². The fourth-order valence-corrected chi connectivity index (χ4v) is 3.39. The summed E-state index contributed by atoms with van der Waals surface area (Å²) in [5.41, 5.74) is 3.05. The Kier molecular flexibility index (Phi) is 3.46. The summed E-state index contributed by atoms with van der Waals surface area (Å²) in [6.07, 6.45) is -0.0224. The Balaban J connectivity index is 1.89. The van der Waals surface area contributed by atoms with E-state index in [2.05, 4.69) is 0 Å². The minimum Gasteiger partial charge on any atom is -0.294 e. The highest BCUT2D eigenvalue weighted by Gasteiger charge is 2.44. The molecule has 25 heavy (non-hydrogen) atoms. The molecule has 0 saturated carbocycles. The van der Waals surface area contributed by atoms with E-state index in [-0.39, 0.29) is 18.1 Å². The Bertz CT molecular complexity index is 969. The molecule has 1 aliphatic heterocycles. The second-order valence-corrected chi connectivity index (χ2v) is 6.10. The molecule has 122 valence electrons. The minimum atomic E-state index is -0.402. The third-order valence-electron chi connectivity index (χ3n) is 4.64. The lowest BCUT2D eigenvalue weighted by molar-refractivity contribution is -0.121. The quantitative estimate of drug-likeness (QED) is 0.794. The van der Waals surface area contributed by atoms with Crippen LogP contribution in [0.5, 0.6) is 0 Å². The van der Waals surface area contributed by atoms with Gasteiger partial charge in [-0.25, -0.2) is 4.90 Å². The summed E-state index contributed by atoms with van der Waals surface area (Å²) in [6.45, 7) is 1.72. The Morgan fingerprint density at radius 1 is 0.760 bits per heavy atom. The molecule has 4 nitrogen and oxygen atoms in total. The second-order valence-electron chi connectivity index (χ2n) is 6.10. The van der Waals surface area contributed by atoms with Crippen LogP contribution in [0.2, 0.25) is 0 Å². The van der Waals surface area contributed by atoms with Gasteiger partial charge in [-0.2, -0.15) is 0 Å². The van der Waals surface area contributed by atoms with Crippen molar-refractivity contribution in [2.24, 2.45) is 0 Å². The van der Waals surface area contributed by atoms with Gasteiger partial charge in [0.05, 0.1) is 11.3 Å². The van der Waals surface area contributed by atoms with Gasteiger partial charge in [-0.15, -0.1) is 0 Å². The molecule has 0 radical (unpaired) electrons. The standard InChI is InChI=1S/C21H15NO3/c1-13-17(23)12-16-19(18(13)14-8-4-2-5-9-14)21(25)22(20(16)24)15-10-6-3-7-11-15/h2-11H,12H2,1H3. The van der Waals surface area contributed by atoms with Crippen molar-refractivity contribution in [3.05, 3.63) is 82.9 Å². The Labute approximate surface area is 145 Å². The molecule has 0 saturated heterocycles. The van der Waals surface area contributed by atoms with Gasteiger partial charge in [0, 0.05) is 23.1 Å². The lowest BCUT2D eigenvalue weighted by Gasteiger charge is -2.18. The predicted molar refractivity (Wildman–Crippen MR) is 94.6 cm³/mol. The van der Waals surface area contributed by atoms with Crippen molar-refractivity contribution in [1.29, 1.82) is 0 Å². The van der Waals surface area contributed by atoms with E-state index in [1.165, 1.54) is 4.90 Å². The Morgan fingerprint density at radius 3 is 2.00 bits per heavy atom. The van der Waals surface area contributed by atoms with E-state index in [4.69, 9.17) is 0 Å². The van der Waals surface area contributed by atoms with Gasteiger partial charge in [0.25, 0.3) is 11.8 Å². The number of ketones is 1. The molecule has 1 heterocycles. The number of carbonyl (C=O) groups is 3. The third kappa shape index (κ3) is 2.26. The molecule has 2 aromatic carbocycles. The molecule has 0 unspecified atom stereocenters. The van der Waals surface area contributed by atoms with Gasteiger partial charge in [0.15, 0.2) is 5.78 Å². The van der Waals surface area contributed by atoms with Crippen molar-refractivity contribution in [3.8, 4) is 0 Å². The molecule has 1 aliphatic carbocycles. The van der Waals surface area contributed by atoms with Gasteiger partial charge >= 0.3 is 0 Å². The molecule has 0 aromatic heterocycles. The maximum atomic E-state index is 13.1. The monoisotopic (exact) mass is 329 g/mol. The van der Waals surface area contributed by atoms with Crippen LogP contribution in [0.25, 0.3) is 5.57 Å². The molecule has 2 amide bonds. The fourth-order valence-electron chi connectivity index (χ4n) is 3.39. The van der Waals surface area contributed by atoms with E-state index in [0.717, 1.165) is 5.56 Å². The Hall–Kier alpha value is -3.27. The van der Waals surface area contributed by atoms with E-state index >= 15 is 0 Å². The normalized spacial score (nSPS) is 17.5. The molecule has 4 rings (SSSR count). The van der Waals surface area contributed by atoms with Gasteiger partial charge in [-0.05, 0) is 24.6 Å². The molecule has 2 aromatic rings. The van der Waals surface area contributed by atoms with Crippen LogP contribution in [0.4, 0.5) is 5.69 Å². The van der Waals surface area contributed by atoms with Crippen molar-refractivity contribution in [2.45, 2.75) is 13.3 Å². The minimum absolute atomic E-state index is 0.0224. The van der Waals surface area contributed by atoms with Crippen molar-refractivity contribution in [2.75, 3.05) is 4.90 Å². The number of amides is 2. The molecule has 0 atom stereocenters. The van der Waals surface area contributed by atoms with Crippen LogP contribution in [0.15, 0.2) is 77.4 Å². The van der Waals surface area contributed by atoms with Crippen LogP contribution >= 0.6 is 0 Å². The average Bonchev–Trinajstić information content (AvgIpc) is 2.88. The van der Waals surface area contributed by atoms with E-state index in [1.807, 2.05) is 36.4 Å². The summed E-state index contributed by atoms with van der Waals surface area (Å²) in [6, 6.07) is 18.1. The summed E-state index contributed by atoms with van der Waals surface area (Å²) in [5, 5.41) is 0. The molecule has 0 N–H and O–H groups in total. The van der Waals surface area contributed by atoms with E-state index in [1.54, 1.807) is 31.2 Å². The second kappa shape index (κ2) is 5.67. The maximum Gasteiger partial charge on any atom is 0.266 e. The first-order valence-electron chi connectivity index (χ1n) is 8.06. The number of Topliss-reactive ketones (excluding diaryl/α,β-unsaturated/α-hetero) is 1. The predicted octanol–water partition coefficient (Wildman–Crippen LogP) is 3.30. The lowest BCUT2D eigenvalue weighted by Crippen LogP contribution is -2.31. The number of rotatable bonds is 2. The lowest BCUT2D eigenvalue weighted by atomic mass is 9.83. The number of hydrogen-bond donors (Lipinski definition) is 0. The number of hydrogen-bond acceptors (Lipinski definition) is 3. The summed E-state index contributed by atoms with van der Waals surface area (Å²) >= 11 is 0. The summed E-state index contributed by atoms with van der Waals surface area (Å²) in [4.78, 5) is 39.5. The highest BCUT2D eigenvalue weighted by Crippen LogP contribution is 2.41. The van der Waals surface area contributed by atoms with Gasteiger partial charge in [-0.1, -0.05) is 48.5 Å². The summed E-state index contributed by atoms with van der Waals surface area (Å²) in [7, 11) is 0. The SMILES string of the molecule is CC1=C(c2ccccc2)C2=C(CC1=O)C(=O)N(c1ccccc1)C2=O. The number of anilines is 1. The van der Waals surface area contributed by atoms with Crippen LogP contribution in [-0.4, -0.2) is 17.6 Å². The third-order valence-corrected chi connectivity index (χ3v) is 4.64. The van der Waals surface area contributed by atoms with Crippen LogP contribution in [0, 0.1) is 0 Å². The smallest absolute Gasteiger partial charge is 0.266 e. The highest BCUT2D eigenvalue weighted by atomic mass is 16.2. The van der Waals surface area contributed by atoms with Crippen molar-refractivity contribution >= 4 is 28.9 Å².